The van der Waals surface area contributed by atoms with Gasteiger partial charge in [-0.15, -0.1) is 0 Å². The summed E-state index contributed by atoms with van der Waals surface area (Å²) in [6, 6.07) is 14.3. The van der Waals surface area contributed by atoms with Gasteiger partial charge in [-0.1, -0.05) is 18.2 Å². The molecular weight excluding hydrogens is 418 g/mol. The highest BCUT2D eigenvalue weighted by Crippen LogP contribution is 2.10. The lowest BCUT2D eigenvalue weighted by Crippen LogP contribution is -2.41. The van der Waals surface area contributed by atoms with E-state index in [1.807, 2.05) is 0 Å². The molecule has 0 saturated carbocycles. The third-order valence-electron chi connectivity index (χ3n) is 3.95. The Labute approximate surface area is 184 Å². The van der Waals surface area contributed by atoms with E-state index in [-0.39, 0.29) is 19.4 Å². The third-order valence-corrected chi connectivity index (χ3v) is 3.95. The van der Waals surface area contributed by atoms with Gasteiger partial charge in [-0.05, 0) is 43.3 Å². The molecule has 0 unspecified atom stereocenters. The average Bonchev–Trinajstić information content (AvgIpc) is 2.81. The van der Waals surface area contributed by atoms with Gasteiger partial charge in [0.15, 0.2) is 6.61 Å². The molecule has 0 heterocycles. The summed E-state index contributed by atoms with van der Waals surface area (Å²) < 4.78 is 9.69. The number of hydrogen-bond donors (Lipinski definition) is 3. The zero-order valence-electron chi connectivity index (χ0n) is 17.4. The molecule has 0 fully saturated rings. The van der Waals surface area contributed by atoms with Crippen molar-refractivity contribution in [3.05, 3.63) is 65.7 Å². The number of hydrazine groups is 1. The fourth-order valence-corrected chi connectivity index (χ4v) is 2.39. The number of esters is 2. The number of nitrogens with one attached hydrogen (secondary N) is 3. The van der Waals surface area contributed by atoms with E-state index in [0.717, 1.165) is 0 Å². The number of rotatable bonds is 9. The van der Waals surface area contributed by atoms with Crippen LogP contribution in [0.1, 0.15) is 40.5 Å². The molecule has 2 rings (SSSR count). The Kier molecular flexibility index (Phi) is 9.38. The fraction of sp³-hybridized carbons (Fsp3) is 0.227. The summed E-state index contributed by atoms with van der Waals surface area (Å²) in [5.41, 5.74) is 5.55. The van der Waals surface area contributed by atoms with Crippen LogP contribution in [0, 0.1) is 0 Å². The summed E-state index contributed by atoms with van der Waals surface area (Å²) in [5.74, 6) is -2.88. The van der Waals surface area contributed by atoms with E-state index in [0.29, 0.717) is 16.8 Å². The Morgan fingerprint density at radius 2 is 1.44 bits per heavy atom. The number of benzene rings is 2. The average molecular weight is 441 g/mol. The quantitative estimate of drug-likeness (QED) is 0.396. The molecule has 168 valence electrons. The summed E-state index contributed by atoms with van der Waals surface area (Å²) in [4.78, 5) is 58.7. The smallest absolute Gasteiger partial charge is 0.338 e. The number of carbonyl (C=O) groups is 5. The van der Waals surface area contributed by atoms with E-state index in [1.165, 1.54) is 24.3 Å². The van der Waals surface area contributed by atoms with E-state index in [9.17, 15) is 24.0 Å². The molecule has 0 saturated heterocycles. The third kappa shape index (κ3) is 8.27. The molecule has 2 aromatic rings. The minimum Gasteiger partial charge on any atom is -0.462 e. The summed E-state index contributed by atoms with van der Waals surface area (Å²) >= 11 is 0. The van der Waals surface area contributed by atoms with Gasteiger partial charge in [-0.25, -0.2) is 4.79 Å². The monoisotopic (exact) mass is 441 g/mol. The predicted octanol–water partition coefficient (Wildman–Crippen LogP) is 1.59. The minimum atomic E-state index is -0.748. The van der Waals surface area contributed by atoms with Crippen LogP contribution in [-0.4, -0.2) is 42.9 Å². The molecule has 0 aromatic heterocycles. The number of ether oxygens (including phenoxy) is 2. The minimum absolute atomic E-state index is 0.231. The van der Waals surface area contributed by atoms with Crippen molar-refractivity contribution in [2.24, 2.45) is 0 Å². The second-order valence-corrected chi connectivity index (χ2v) is 6.38. The van der Waals surface area contributed by atoms with Crippen LogP contribution in [0.25, 0.3) is 0 Å². The van der Waals surface area contributed by atoms with Crippen molar-refractivity contribution in [3.8, 4) is 0 Å². The maximum absolute atomic E-state index is 11.9. The number of carbonyl (C=O) groups excluding carboxylic acids is 5. The first kappa shape index (κ1) is 24.1. The van der Waals surface area contributed by atoms with Crippen molar-refractivity contribution in [3.63, 3.8) is 0 Å². The van der Waals surface area contributed by atoms with Crippen LogP contribution in [0.5, 0.6) is 0 Å². The molecule has 0 spiro atoms. The summed E-state index contributed by atoms with van der Waals surface area (Å²) in [6.07, 6.45) is -0.501. The maximum atomic E-state index is 11.9. The van der Waals surface area contributed by atoms with E-state index in [2.05, 4.69) is 16.2 Å². The highest BCUT2D eigenvalue weighted by Gasteiger charge is 2.12. The van der Waals surface area contributed by atoms with Gasteiger partial charge < -0.3 is 14.8 Å². The number of amides is 3. The van der Waals surface area contributed by atoms with Crippen LogP contribution >= 0.6 is 0 Å². The molecule has 3 amide bonds. The second-order valence-electron chi connectivity index (χ2n) is 6.38. The molecule has 2 aromatic carbocycles. The van der Waals surface area contributed by atoms with Crippen LogP contribution in [-0.2, 0) is 23.9 Å². The molecule has 0 aliphatic rings. The Morgan fingerprint density at radius 1 is 0.750 bits per heavy atom. The van der Waals surface area contributed by atoms with Gasteiger partial charge in [0.1, 0.15) is 0 Å². The number of hydrogen-bond acceptors (Lipinski definition) is 7. The molecule has 10 nitrogen and oxygen atoms in total. The van der Waals surface area contributed by atoms with Crippen molar-refractivity contribution < 1.29 is 33.4 Å². The predicted molar refractivity (Wildman–Crippen MR) is 113 cm³/mol. The van der Waals surface area contributed by atoms with E-state index in [1.54, 1.807) is 37.3 Å². The topological polar surface area (TPSA) is 140 Å². The number of anilines is 1. The molecule has 10 heteroatoms. The van der Waals surface area contributed by atoms with Crippen molar-refractivity contribution in [1.82, 2.24) is 10.9 Å². The molecule has 0 aliphatic carbocycles. The fourth-order valence-electron chi connectivity index (χ4n) is 2.39. The Morgan fingerprint density at radius 3 is 2.09 bits per heavy atom. The Hall–Kier alpha value is -4.21. The van der Waals surface area contributed by atoms with Gasteiger partial charge in [0.05, 0.1) is 18.6 Å². The lowest BCUT2D eigenvalue weighted by Gasteiger charge is -2.08. The molecule has 3 N–H and O–H groups in total. The Bertz CT molecular complexity index is 959. The van der Waals surface area contributed by atoms with Crippen LogP contribution in [0.2, 0.25) is 0 Å². The summed E-state index contributed by atoms with van der Waals surface area (Å²) in [6.45, 7) is 1.42. The van der Waals surface area contributed by atoms with Crippen LogP contribution < -0.4 is 16.2 Å². The summed E-state index contributed by atoms with van der Waals surface area (Å²) in [7, 11) is 0. The molecule has 0 atom stereocenters. The molecule has 0 aliphatic heterocycles. The van der Waals surface area contributed by atoms with E-state index < -0.39 is 36.3 Å². The van der Waals surface area contributed by atoms with Gasteiger partial charge >= 0.3 is 11.9 Å². The van der Waals surface area contributed by atoms with Gasteiger partial charge in [0, 0.05) is 17.7 Å². The molecule has 32 heavy (non-hydrogen) atoms. The zero-order valence-corrected chi connectivity index (χ0v) is 17.4. The van der Waals surface area contributed by atoms with Crippen molar-refractivity contribution in [1.29, 1.82) is 0 Å². The highest BCUT2D eigenvalue weighted by atomic mass is 16.5. The normalized spacial score (nSPS) is 9.91. The van der Waals surface area contributed by atoms with Crippen molar-refractivity contribution in [2.75, 3.05) is 18.5 Å². The second kappa shape index (κ2) is 12.5. The SMILES string of the molecule is CCOC(=O)c1ccc(NC(=O)COC(=O)CCC(=O)NNC(=O)c2ccccc2)cc1. The lowest BCUT2D eigenvalue weighted by atomic mass is 10.2. The summed E-state index contributed by atoms with van der Waals surface area (Å²) in [5, 5.41) is 2.51. The first-order chi connectivity index (χ1) is 15.4. The first-order valence-electron chi connectivity index (χ1n) is 9.76. The van der Waals surface area contributed by atoms with Crippen molar-refractivity contribution in [2.45, 2.75) is 19.8 Å². The maximum Gasteiger partial charge on any atom is 0.338 e. The van der Waals surface area contributed by atoms with Gasteiger partial charge in [0.25, 0.3) is 11.8 Å². The first-order valence-corrected chi connectivity index (χ1v) is 9.76. The zero-order chi connectivity index (χ0) is 23.3. The van der Waals surface area contributed by atoms with Gasteiger partial charge in [0.2, 0.25) is 5.91 Å². The lowest BCUT2D eigenvalue weighted by molar-refractivity contribution is -0.148. The molecular formula is C22H23N3O7. The van der Waals surface area contributed by atoms with E-state index in [4.69, 9.17) is 9.47 Å². The van der Waals surface area contributed by atoms with Gasteiger partial charge in [-0.2, -0.15) is 0 Å². The van der Waals surface area contributed by atoms with E-state index >= 15 is 0 Å². The molecule has 0 radical (unpaired) electrons. The standard InChI is InChI=1S/C22H23N3O7/c1-2-31-22(30)16-8-10-17(11-9-16)23-19(27)14-32-20(28)13-12-18(26)24-25-21(29)15-6-4-3-5-7-15/h3-11H,2,12-14H2,1H3,(H,23,27)(H,24,26)(H,25,29). The largest absolute Gasteiger partial charge is 0.462 e. The van der Waals surface area contributed by atoms with Crippen LogP contribution in [0.3, 0.4) is 0 Å². The highest BCUT2D eigenvalue weighted by molar-refractivity contribution is 5.96. The van der Waals surface area contributed by atoms with Gasteiger partial charge in [-0.3, -0.25) is 30.0 Å². The van der Waals surface area contributed by atoms with Crippen LogP contribution in [0.15, 0.2) is 54.6 Å². The van der Waals surface area contributed by atoms with Crippen LogP contribution in [0.4, 0.5) is 5.69 Å². The molecule has 0 bridgehead atoms. The van der Waals surface area contributed by atoms with Crippen molar-refractivity contribution >= 4 is 35.3 Å². The Balaban J connectivity index is 1.64.